The van der Waals surface area contributed by atoms with E-state index in [9.17, 15) is 18.6 Å². The molecule has 72 valence electrons. The van der Waals surface area contributed by atoms with Gasteiger partial charge in [0.15, 0.2) is 0 Å². The van der Waals surface area contributed by atoms with Crippen molar-refractivity contribution in [3.05, 3.63) is 0 Å². The Morgan fingerprint density at radius 3 is 1.92 bits per heavy atom. The summed E-state index contributed by atoms with van der Waals surface area (Å²) in [5.74, 6) is 0. The van der Waals surface area contributed by atoms with Gasteiger partial charge in [0.05, 0.1) is 0 Å². The van der Waals surface area contributed by atoms with Crippen molar-refractivity contribution in [1.82, 2.24) is 0 Å². The van der Waals surface area contributed by atoms with Crippen LogP contribution in [0.2, 0.25) is 0 Å². The normalized spacial score (nSPS) is 15.9. The maximum atomic E-state index is 10.2. The summed E-state index contributed by atoms with van der Waals surface area (Å²) in [6.07, 6.45) is 0. The average Bonchev–Trinajstić information content (AvgIpc) is 1.53. The fraction of sp³-hybridized carbons (Fsp3) is 1.00. The molecule has 0 bridgehead atoms. The van der Waals surface area contributed by atoms with Crippen molar-refractivity contribution >= 4 is 24.3 Å². The van der Waals surface area contributed by atoms with Crippen molar-refractivity contribution in [3.8, 4) is 0 Å². The Morgan fingerprint density at radius 1 is 1.31 bits per heavy atom. The van der Waals surface area contributed by atoms with Gasteiger partial charge in [-0.3, -0.25) is 4.89 Å². The molecule has 0 rings (SSSR count). The second-order valence-electron chi connectivity index (χ2n) is 1.09. The van der Waals surface area contributed by atoms with Gasteiger partial charge in [-0.15, -0.1) is 4.89 Å². The second-order valence-corrected chi connectivity index (χ2v) is 4.26. The quantitative estimate of drug-likeness (QED) is 0.417. The summed E-state index contributed by atoms with van der Waals surface area (Å²) < 4.78 is 36.1. The van der Waals surface area contributed by atoms with Gasteiger partial charge in [-0.25, -0.2) is 4.57 Å². The van der Waals surface area contributed by atoms with Gasteiger partial charge in [-0.1, -0.05) is 7.43 Å². The van der Waals surface area contributed by atoms with Crippen LogP contribution in [0.3, 0.4) is 0 Å². The van der Waals surface area contributed by atoms with Crippen molar-refractivity contribution in [2.24, 2.45) is 0 Å². The molecule has 8 nitrogen and oxygen atoms in total. The van der Waals surface area contributed by atoms with Crippen LogP contribution in [0.25, 0.3) is 0 Å². The van der Waals surface area contributed by atoms with E-state index in [1.165, 1.54) is 0 Å². The summed E-state index contributed by atoms with van der Waals surface area (Å²) in [6, 6.07) is 0. The number of hydrogen-bond donors (Lipinski definition) is 2. The monoisotopic (exact) mass is 262 g/mol. The van der Waals surface area contributed by atoms with Crippen LogP contribution in [0.15, 0.2) is 0 Å². The van der Waals surface area contributed by atoms with Crippen molar-refractivity contribution in [2.75, 3.05) is 0 Å². The fourth-order valence-electron chi connectivity index (χ4n) is 0.187. The SMILES string of the molecule is C.O=[P+]([O-])OP(=O)(O)O[P+](=O)O.[Na+]. The molecule has 0 aliphatic heterocycles. The third-order valence-electron chi connectivity index (χ3n) is 0.343. The summed E-state index contributed by atoms with van der Waals surface area (Å²) in [7, 11) is -11.9. The molecule has 12 heteroatoms. The van der Waals surface area contributed by atoms with Crippen molar-refractivity contribution in [3.63, 3.8) is 0 Å². The van der Waals surface area contributed by atoms with Gasteiger partial charge in [-0.2, -0.15) is 0 Å². The summed E-state index contributed by atoms with van der Waals surface area (Å²) in [5.41, 5.74) is 0. The molecule has 0 aromatic carbocycles. The fourth-order valence-corrected chi connectivity index (χ4v) is 1.96. The Morgan fingerprint density at radius 2 is 1.69 bits per heavy atom. The Balaban J connectivity index is -0.000000500. The maximum Gasteiger partial charge on any atom is 1.00 e. The summed E-state index contributed by atoms with van der Waals surface area (Å²) >= 11 is 0. The minimum absolute atomic E-state index is 0. The van der Waals surface area contributed by atoms with Crippen LogP contribution < -0.4 is 34.5 Å². The maximum absolute atomic E-state index is 10.2. The van der Waals surface area contributed by atoms with Gasteiger partial charge in [0.2, 0.25) is 0 Å². The predicted molar refractivity (Wildman–Crippen MR) is 36.2 cm³/mol. The van der Waals surface area contributed by atoms with Crippen LogP contribution in [-0.2, 0) is 22.3 Å². The zero-order chi connectivity index (χ0) is 9.07. The van der Waals surface area contributed by atoms with Gasteiger partial charge in [0.1, 0.15) is 0 Å². The third-order valence-corrected chi connectivity index (χ3v) is 3.09. The Labute approximate surface area is 98.1 Å². The van der Waals surface area contributed by atoms with Crippen LogP contribution in [0.5, 0.6) is 0 Å². The molecule has 0 aromatic heterocycles. The molecule has 0 aromatic rings. The largest absolute Gasteiger partial charge is 1.00 e. The minimum atomic E-state index is -4.93. The zero-order valence-corrected chi connectivity index (χ0v) is 10.4. The molecule has 3 atom stereocenters. The van der Waals surface area contributed by atoms with Crippen LogP contribution in [0, 0.1) is 0 Å². The first-order valence-corrected chi connectivity index (χ1v) is 5.58. The molecule has 0 aliphatic rings. The zero-order valence-electron chi connectivity index (χ0n) is 5.69. The minimum Gasteiger partial charge on any atom is -0.566 e. The standard InChI is InChI=1S/CH4.Na.HO8P3/c;;1-9(2)7-11(5,6)8-10(3)4/h1H4;;(H-,1,2,5,6)/q;+1;/p+1. The van der Waals surface area contributed by atoms with E-state index in [2.05, 4.69) is 8.62 Å². The average molecular weight is 262 g/mol. The van der Waals surface area contributed by atoms with Crippen molar-refractivity contribution < 1.29 is 66.6 Å². The summed E-state index contributed by atoms with van der Waals surface area (Å²) in [6.45, 7) is 0. The molecular formula is CH6NaO8P3+2. The molecule has 0 spiro atoms. The third kappa shape index (κ3) is 13.2. The van der Waals surface area contributed by atoms with Crippen LogP contribution in [-0.4, -0.2) is 9.79 Å². The number of rotatable bonds is 4. The van der Waals surface area contributed by atoms with E-state index in [1.807, 2.05) is 0 Å². The van der Waals surface area contributed by atoms with E-state index < -0.39 is 24.3 Å². The smallest absolute Gasteiger partial charge is 0.566 e. The second kappa shape index (κ2) is 8.53. The number of phosphoric acid groups is 1. The van der Waals surface area contributed by atoms with Gasteiger partial charge in [0, 0.05) is 8.88 Å². The molecule has 0 amide bonds. The molecule has 3 unspecified atom stereocenters. The summed E-state index contributed by atoms with van der Waals surface area (Å²) in [5, 5.41) is 0. The van der Waals surface area contributed by atoms with E-state index in [1.54, 1.807) is 0 Å². The molecule has 0 saturated heterocycles. The van der Waals surface area contributed by atoms with E-state index in [4.69, 9.17) is 9.79 Å². The van der Waals surface area contributed by atoms with Crippen LogP contribution in [0.4, 0.5) is 0 Å². The number of hydrogen-bond acceptors (Lipinski definition) is 6. The van der Waals surface area contributed by atoms with Crippen LogP contribution >= 0.6 is 24.3 Å². The van der Waals surface area contributed by atoms with Gasteiger partial charge in [-0.05, 0) is 8.88 Å². The van der Waals surface area contributed by atoms with Gasteiger partial charge >= 0.3 is 53.9 Å². The first kappa shape index (κ1) is 19.7. The van der Waals surface area contributed by atoms with E-state index in [0.717, 1.165) is 0 Å². The van der Waals surface area contributed by atoms with Crippen LogP contribution in [0.1, 0.15) is 7.43 Å². The Hall–Kier alpha value is 1.23. The predicted octanol–water partition coefficient (Wildman–Crippen LogP) is -2.57. The molecule has 0 radical (unpaired) electrons. The Bertz CT molecular complexity index is 205. The molecule has 0 fully saturated rings. The van der Waals surface area contributed by atoms with Gasteiger partial charge < -0.3 is 4.89 Å². The molecule has 13 heavy (non-hydrogen) atoms. The Kier molecular flexibility index (Phi) is 13.0. The topological polar surface area (TPSA) is 133 Å². The molecular weight excluding hydrogens is 256 g/mol. The molecule has 2 N–H and O–H groups in total. The first-order valence-electron chi connectivity index (χ1n) is 1.86. The van der Waals surface area contributed by atoms with Crippen molar-refractivity contribution in [2.45, 2.75) is 7.43 Å². The molecule has 0 aliphatic carbocycles. The van der Waals surface area contributed by atoms with E-state index in [0.29, 0.717) is 0 Å². The summed E-state index contributed by atoms with van der Waals surface area (Å²) in [4.78, 5) is 25.7. The van der Waals surface area contributed by atoms with Crippen molar-refractivity contribution in [1.29, 1.82) is 0 Å². The first-order chi connectivity index (χ1) is 4.83. The molecule has 0 heterocycles. The molecule has 0 saturated carbocycles. The van der Waals surface area contributed by atoms with E-state index >= 15 is 0 Å². The van der Waals surface area contributed by atoms with E-state index in [-0.39, 0.29) is 37.0 Å². The van der Waals surface area contributed by atoms with Gasteiger partial charge in [0.25, 0.3) is 0 Å².